The minimum Gasteiger partial charge on any atom is -0.481 e. The highest BCUT2D eigenvalue weighted by Gasteiger charge is 2.25. The average Bonchev–Trinajstić information content (AvgIpc) is 2.84. The second-order valence-electron chi connectivity index (χ2n) is 5.33. The maximum Gasteiger partial charge on any atom is 0.303 e. The molecule has 1 aromatic rings. The van der Waals surface area contributed by atoms with Gasteiger partial charge in [0.1, 0.15) is 0 Å². The van der Waals surface area contributed by atoms with Crippen molar-refractivity contribution in [3.05, 3.63) is 28.7 Å². The van der Waals surface area contributed by atoms with Gasteiger partial charge in [-0.05, 0) is 43.1 Å². The van der Waals surface area contributed by atoms with E-state index in [0.29, 0.717) is 18.0 Å². The quantitative estimate of drug-likeness (QED) is 0.822. The van der Waals surface area contributed by atoms with Crippen LogP contribution in [0.1, 0.15) is 12.8 Å². The van der Waals surface area contributed by atoms with Crippen molar-refractivity contribution in [2.24, 2.45) is 5.92 Å². The van der Waals surface area contributed by atoms with Crippen LogP contribution in [-0.2, 0) is 14.6 Å². The number of rotatable bonds is 6. The molecule has 116 valence electrons. The highest BCUT2D eigenvalue weighted by molar-refractivity contribution is 9.10. The monoisotopic (exact) mass is 375 g/mol. The Hall–Kier alpha value is -0.920. The molecule has 2 rings (SSSR count). The summed E-state index contributed by atoms with van der Waals surface area (Å²) in [7, 11) is -3.28. The fourth-order valence-corrected chi connectivity index (χ4v) is 4.09. The van der Waals surface area contributed by atoms with Crippen molar-refractivity contribution in [3.8, 4) is 0 Å². The number of hydrogen-bond acceptors (Lipinski definition) is 4. The van der Waals surface area contributed by atoms with Crippen LogP contribution in [0.25, 0.3) is 0 Å². The first-order valence-electron chi connectivity index (χ1n) is 6.79. The molecular weight excluding hydrogens is 358 g/mol. The fraction of sp³-hybridized carbons (Fsp3) is 0.500. The van der Waals surface area contributed by atoms with Crippen LogP contribution < -0.4 is 0 Å². The van der Waals surface area contributed by atoms with E-state index in [1.54, 1.807) is 24.3 Å². The normalized spacial score (nSPS) is 19.8. The Bertz CT molecular complexity index is 600. The molecule has 0 aromatic heterocycles. The van der Waals surface area contributed by atoms with E-state index in [0.717, 1.165) is 17.4 Å². The number of likely N-dealkylation sites (tertiary alicyclic amines) is 1. The molecule has 0 aliphatic carbocycles. The summed E-state index contributed by atoms with van der Waals surface area (Å²) in [5.74, 6) is -0.587. The first kappa shape index (κ1) is 16.5. The predicted molar refractivity (Wildman–Crippen MR) is 83.0 cm³/mol. The summed E-state index contributed by atoms with van der Waals surface area (Å²) < 4.78 is 25.3. The third-order valence-corrected chi connectivity index (χ3v) is 5.92. The standard InChI is InChI=1S/C14H18BrNO4S/c15-12-1-3-13(4-2-12)21(19,20)8-7-16-6-5-11(10-16)9-14(17)18/h1-4,11H,5-10H2,(H,17,18). The van der Waals surface area contributed by atoms with Crippen molar-refractivity contribution in [1.82, 2.24) is 4.90 Å². The van der Waals surface area contributed by atoms with E-state index in [4.69, 9.17) is 5.11 Å². The van der Waals surface area contributed by atoms with E-state index in [2.05, 4.69) is 15.9 Å². The Morgan fingerprint density at radius 3 is 2.62 bits per heavy atom. The minimum absolute atomic E-state index is 0.0639. The SMILES string of the molecule is O=C(O)CC1CCN(CCS(=O)(=O)c2ccc(Br)cc2)C1. The number of benzene rings is 1. The highest BCUT2D eigenvalue weighted by Crippen LogP contribution is 2.20. The van der Waals surface area contributed by atoms with Gasteiger partial charge in [0.05, 0.1) is 10.6 Å². The van der Waals surface area contributed by atoms with Gasteiger partial charge in [-0.3, -0.25) is 4.79 Å². The largest absolute Gasteiger partial charge is 0.481 e. The van der Waals surface area contributed by atoms with E-state index in [9.17, 15) is 13.2 Å². The topological polar surface area (TPSA) is 74.7 Å². The molecule has 1 heterocycles. The van der Waals surface area contributed by atoms with Gasteiger partial charge in [-0.25, -0.2) is 8.42 Å². The van der Waals surface area contributed by atoms with E-state index in [-0.39, 0.29) is 18.1 Å². The van der Waals surface area contributed by atoms with Gasteiger partial charge in [-0.1, -0.05) is 15.9 Å². The molecule has 0 radical (unpaired) electrons. The molecule has 1 aromatic carbocycles. The highest BCUT2D eigenvalue weighted by atomic mass is 79.9. The van der Waals surface area contributed by atoms with Crippen molar-refractivity contribution in [1.29, 1.82) is 0 Å². The lowest BCUT2D eigenvalue weighted by molar-refractivity contribution is -0.138. The number of carbonyl (C=O) groups is 1. The number of hydrogen-bond donors (Lipinski definition) is 1. The molecule has 0 saturated carbocycles. The molecule has 0 amide bonds. The van der Waals surface area contributed by atoms with Crippen LogP contribution in [0.5, 0.6) is 0 Å². The molecule has 0 bridgehead atoms. The van der Waals surface area contributed by atoms with Gasteiger partial charge in [-0.15, -0.1) is 0 Å². The lowest BCUT2D eigenvalue weighted by atomic mass is 10.1. The predicted octanol–water partition coefficient (Wildman–Crippen LogP) is 2.02. The van der Waals surface area contributed by atoms with Gasteiger partial charge in [0.25, 0.3) is 0 Å². The molecule has 5 nitrogen and oxygen atoms in total. The van der Waals surface area contributed by atoms with Crippen molar-refractivity contribution >= 4 is 31.7 Å². The maximum atomic E-state index is 12.2. The number of sulfone groups is 1. The second kappa shape index (κ2) is 6.89. The Kier molecular flexibility index (Phi) is 5.40. The Morgan fingerprint density at radius 2 is 2.00 bits per heavy atom. The first-order valence-corrected chi connectivity index (χ1v) is 9.24. The number of aliphatic carboxylic acids is 1. The number of halogens is 1. The summed E-state index contributed by atoms with van der Waals surface area (Å²) in [4.78, 5) is 13.0. The van der Waals surface area contributed by atoms with Gasteiger partial charge in [-0.2, -0.15) is 0 Å². The molecule has 1 aliphatic heterocycles. The number of carboxylic acid groups (broad SMARTS) is 1. The van der Waals surface area contributed by atoms with Gasteiger partial charge < -0.3 is 10.0 Å². The Morgan fingerprint density at radius 1 is 1.33 bits per heavy atom. The Balaban J connectivity index is 1.88. The van der Waals surface area contributed by atoms with E-state index < -0.39 is 15.8 Å². The van der Waals surface area contributed by atoms with Crippen LogP contribution in [0.4, 0.5) is 0 Å². The van der Waals surface area contributed by atoms with Crippen molar-refractivity contribution in [2.45, 2.75) is 17.7 Å². The van der Waals surface area contributed by atoms with Crippen molar-refractivity contribution < 1.29 is 18.3 Å². The molecule has 0 spiro atoms. The summed E-state index contributed by atoms with van der Waals surface area (Å²) in [5, 5.41) is 8.77. The molecule has 1 saturated heterocycles. The smallest absolute Gasteiger partial charge is 0.303 e. The molecule has 1 atom stereocenters. The number of carboxylic acids is 1. The van der Waals surface area contributed by atoms with Gasteiger partial charge in [0.2, 0.25) is 0 Å². The van der Waals surface area contributed by atoms with Crippen LogP contribution in [0.15, 0.2) is 33.6 Å². The van der Waals surface area contributed by atoms with Crippen LogP contribution >= 0.6 is 15.9 Å². The fourth-order valence-electron chi connectivity index (χ4n) is 2.54. The zero-order valence-electron chi connectivity index (χ0n) is 11.5. The summed E-state index contributed by atoms with van der Waals surface area (Å²) in [5.41, 5.74) is 0. The maximum absolute atomic E-state index is 12.2. The van der Waals surface area contributed by atoms with Gasteiger partial charge in [0.15, 0.2) is 9.84 Å². The summed E-state index contributed by atoms with van der Waals surface area (Å²) >= 11 is 3.28. The molecule has 21 heavy (non-hydrogen) atoms. The average molecular weight is 376 g/mol. The van der Waals surface area contributed by atoms with Crippen molar-refractivity contribution in [3.63, 3.8) is 0 Å². The van der Waals surface area contributed by atoms with Crippen LogP contribution in [0.3, 0.4) is 0 Å². The van der Waals surface area contributed by atoms with Crippen molar-refractivity contribution in [2.75, 3.05) is 25.4 Å². The van der Waals surface area contributed by atoms with Crippen LogP contribution in [-0.4, -0.2) is 49.8 Å². The lowest BCUT2D eigenvalue weighted by Crippen LogP contribution is -2.27. The number of nitrogens with zero attached hydrogens (tertiary/aromatic N) is 1. The lowest BCUT2D eigenvalue weighted by Gasteiger charge is -2.15. The van der Waals surface area contributed by atoms with Crippen LogP contribution in [0.2, 0.25) is 0 Å². The summed E-state index contributed by atoms with van der Waals surface area (Å²) in [6, 6.07) is 6.62. The Labute approximate surface area is 133 Å². The van der Waals surface area contributed by atoms with Gasteiger partial charge in [0, 0.05) is 24.0 Å². The van der Waals surface area contributed by atoms with Crippen LogP contribution in [0, 0.1) is 5.92 Å². The van der Waals surface area contributed by atoms with E-state index in [1.807, 2.05) is 4.90 Å². The van der Waals surface area contributed by atoms with E-state index >= 15 is 0 Å². The molecular formula is C14H18BrNO4S. The van der Waals surface area contributed by atoms with Gasteiger partial charge >= 0.3 is 5.97 Å². The first-order chi connectivity index (χ1) is 9.87. The summed E-state index contributed by atoms with van der Waals surface area (Å²) in [6.07, 6.45) is 0.987. The molecule has 1 fully saturated rings. The summed E-state index contributed by atoms with van der Waals surface area (Å²) in [6.45, 7) is 1.89. The zero-order chi connectivity index (χ0) is 15.5. The zero-order valence-corrected chi connectivity index (χ0v) is 13.9. The third kappa shape index (κ3) is 4.79. The molecule has 7 heteroatoms. The van der Waals surface area contributed by atoms with E-state index in [1.165, 1.54) is 0 Å². The molecule has 1 aliphatic rings. The second-order valence-corrected chi connectivity index (χ2v) is 8.35. The molecule has 1 N–H and O–H groups in total. The third-order valence-electron chi connectivity index (χ3n) is 3.68. The minimum atomic E-state index is -3.28. The molecule has 1 unspecified atom stereocenters.